The van der Waals surface area contributed by atoms with Gasteiger partial charge in [0.15, 0.2) is 5.15 Å². The number of hydrogen-bond donors (Lipinski definition) is 0. The van der Waals surface area contributed by atoms with E-state index in [1.54, 1.807) is 13.3 Å². The zero-order valence-electron chi connectivity index (χ0n) is 8.38. The highest BCUT2D eigenvalue weighted by Gasteiger charge is 2.52. The Morgan fingerprint density at radius 2 is 2.36 bits per heavy atom. The average Bonchev–Trinajstić information content (AvgIpc) is 2.86. The molecule has 1 aliphatic carbocycles. The fraction of sp³-hybridized carbons (Fsp3) is 0.600. The van der Waals surface area contributed by atoms with E-state index in [4.69, 9.17) is 11.6 Å². The van der Waals surface area contributed by atoms with Crippen molar-refractivity contribution in [1.29, 1.82) is 0 Å². The van der Waals surface area contributed by atoms with Crippen LogP contribution in [0.1, 0.15) is 32.4 Å². The van der Waals surface area contributed by atoms with Crippen LogP contribution in [-0.4, -0.2) is 15.3 Å². The second-order valence-corrected chi connectivity index (χ2v) is 4.17. The fourth-order valence-corrected chi connectivity index (χ4v) is 2.28. The van der Waals surface area contributed by atoms with E-state index in [0.717, 1.165) is 25.1 Å². The first-order valence-corrected chi connectivity index (χ1v) is 5.22. The minimum absolute atomic E-state index is 0.203. The molecule has 0 saturated heterocycles. The molecule has 0 spiro atoms. The number of nitrogens with zero attached hydrogens (tertiary/aromatic N) is 2. The number of halogens is 1. The summed E-state index contributed by atoms with van der Waals surface area (Å²) in [5.41, 5.74) is 0.595. The molecule has 0 N–H and O–H groups in total. The summed E-state index contributed by atoms with van der Waals surface area (Å²) in [6, 6.07) is 0. The Morgan fingerprint density at radius 3 is 2.79 bits per heavy atom. The molecule has 0 atom stereocenters. The monoisotopic (exact) mass is 212 g/mol. The normalized spacial score (nSPS) is 18.2. The Kier molecular flexibility index (Phi) is 2.14. The molecule has 1 heterocycles. The maximum Gasteiger partial charge on any atom is 0.151 e. The molecule has 1 fully saturated rings. The van der Waals surface area contributed by atoms with Crippen LogP contribution in [0.2, 0.25) is 5.15 Å². The molecule has 0 aliphatic heterocycles. The van der Waals surface area contributed by atoms with Crippen LogP contribution < -0.4 is 0 Å². The molecule has 0 radical (unpaired) electrons. The average molecular weight is 213 g/mol. The molecular weight excluding hydrogens is 200 g/mol. The summed E-state index contributed by atoms with van der Waals surface area (Å²) in [7, 11) is 0. The standard InChI is InChI=1S/C10H13ClN2O/c1-3-13-6-12-9(11)8(13)10(4-5-10)7(2)14/h6H,3-5H2,1-2H3. The third-order valence-electron chi connectivity index (χ3n) is 3.01. The SMILES string of the molecule is CCn1cnc(Cl)c1C1(C(C)=O)CC1. The fourth-order valence-electron chi connectivity index (χ4n) is 1.95. The van der Waals surface area contributed by atoms with Crippen LogP contribution in [0, 0.1) is 0 Å². The van der Waals surface area contributed by atoms with Crippen molar-refractivity contribution in [1.82, 2.24) is 9.55 Å². The highest BCUT2D eigenvalue weighted by atomic mass is 35.5. The lowest BCUT2D eigenvalue weighted by atomic mass is 9.98. The molecule has 4 heteroatoms. The van der Waals surface area contributed by atoms with Gasteiger partial charge >= 0.3 is 0 Å². The first kappa shape index (κ1) is 9.71. The minimum Gasteiger partial charge on any atom is -0.333 e. The zero-order valence-corrected chi connectivity index (χ0v) is 9.14. The summed E-state index contributed by atoms with van der Waals surface area (Å²) in [5, 5.41) is 0.486. The summed E-state index contributed by atoms with van der Waals surface area (Å²) in [6.07, 6.45) is 3.53. The lowest BCUT2D eigenvalue weighted by Crippen LogP contribution is -2.21. The number of carbonyl (C=O) groups excluding carboxylic acids is 1. The molecule has 1 aromatic rings. The Balaban J connectivity index is 2.50. The van der Waals surface area contributed by atoms with Gasteiger partial charge in [-0.25, -0.2) is 4.98 Å². The van der Waals surface area contributed by atoms with Gasteiger partial charge in [0.1, 0.15) is 5.78 Å². The molecule has 3 nitrogen and oxygen atoms in total. The van der Waals surface area contributed by atoms with Gasteiger partial charge in [-0.05, 0) is 26.7 Å². The largest absolute Gasteiger partial charge is 0.333 e. The van der Waals surface area contributed by atoms with E-state index in [2.05, 4.69) is 4.98 Å². The van der Waals surface area contributed by atoms with Crippen molar-refractivity contribution in [3.63, 3.8) is 0 Å². The van der Waals surface area contributed by atoms with Crippen molar-refractivity contribution in [2.75, 3.05) is 0 Å². The molecule has 14 heavy (non-hydrogen) atoms. The molecule has 0 amide bonds. The molecular formula is C10H13ClN2O. The van der Waals surface area contributed by atoms with Crippen molar-refractivity contribution in [3.8, 4) is 0 Å². The molecule has 0 unspecified atom stereocenters. The van der Waals surface area contributed by atoms with E-state index < -0.39 is 0 Å². The second kappa shape index (κ2) is 3.09. The van der Waals surface area contributed by atoms with Crippen LogP contribution in [-0.2, 0) is 16.8 Å². The lowest BCUT2D eigenvalue weighted by Gasteiger charge is -2.14. The van der Waals surface area contributed by atoms with Crippen LogP contribution in [0.15, 0.2) is 6.33 Å². The van der Waals surface area contributed by atoms with Gasteiger partial charge in [0.25, 0.3) is 0 Å². The number of rotatable bonds is 3. The van der Waals surface area contributed by atoms with E-state index in [1.165, 1.54) is 0 Å². The molecule has 1 aliphatic rings. The third-order valence-corrected chi connectivity index (χ3v) is 3.29. The van der Waals surface area contributed by atoms with E-state index >= 15 is 0 Å². The summed E-state index contributed by atoms with van der Waals surface area (Å²) in [4.78, 5) is 15.6. The predicted molar refractivity (Wildman–Crippen MR) is 54.5 cm³/mol. The van der Waals surface area contributed by atoms with Gasteiger partial charge in [0.05, 0.1) is 17.4 Å². The Labute approximate surface area is 88.1 Å². The van der Waals surface area contributed by atoms with E-state index in [-0.39, 0.29) is 11.2 Å². The van der Waals surface area contributed by atoms with Crippen molar-refractivity contribution >= 4 is 17.4 Å². The van der Waals surface area contributed by atoms with E-state index in [1.807, 2.05) is 11.5 Å². The van der Waals surface area contributed by atoms with E-state index in [9.17, 15) is 4.79 Å². The van der Waals surface area contributed by atoms with Gasteiger partial charge < -0.3 is 4.57 Å². The molecule has 1 aromatic heterocycles. The van der Waals surface area contributed by atoms with Crippen molar-refractivity contribution in [2.24, 2.45) is 0 Å². The molecule has 1 saturated carbocycles. The lowest BCUT2D eigenvalue weighted by molar-refractivity contribution is -0.119. The number of imidazole rings is 1. The topological polar surface area (TPSA) is 34.9 Å². The van der Waals surface area contributed by atoms with Crippen molar-refractivity contribution < 1.29 is 4.79 Å². The van der Waals surface area contributed by atoms with Crippen molar-refractivity contribution in [2.45, 2.75) is 38.6 Å². The predicted octanol–water partition coefficient (Wildman–Crippen LogP) is 2.18. The van der Waals surface area contributed by atoms with Gasteiger partial charge in [-0.3, -0.25) is 4.79 Å². The van der Waals surface area contributed by atoms with Crippen molar-refractivity contribution in [3.05, 3.63) is 17.2 Å². The molecule has 2 rings (SSSR count). The zero-order chi connectivity index (χ0) is 10.3. The van der Waals surface area contributed by atoms with Crippen LogP contribution in [0.5, 0.6) is 0 Å². The number of ketones is 1. The quantitative estimate of drug-likeness (QED) is 0.770. The number of aryl methyl sites for hydroxylation is 1. The highest BCUT2D eigenvalue weighted by molar-refractivity contribution is 6.30. The Bertz CT molecular complexity index is 379. The second-order valence-electron chi connectivity index (χ2n) is 3.81. The van der Waals surface area contributed by atoms with Crippen LogP contribution >= 0.6 is 11.6 Å². The molecule has 76 valence electrons. The van der Waals surface area contributed by atoms with Crippen LogP contribution in [0.4, 0.5) is 0 Å². The summed E-state index contributed by atoms with van der Waals surface area (Å²) in [6.45, 7) is 4.47. The number of carbonyl (C=O) groups is 1. The third kappa shape index (κ3) is 1.19. The summed E-state index contributed by atoms with van der Waals surface area (Å²) in [5.74, 6) is 0.203. The Hall–Kier alpha value is -0.830. The smallest absolute Gasteiger partial charge is 0.151 e. The van der Waals surface area contributed by atoms with Gasteiger partial charge in [-0.2, -0.15) is 0 Å². The van der Waals surface area contributed by atoms with Gasteiger partial charge in [0, 0.05) is 6.54 Å². The summed E-state index contributed by atoms with van der Waals surface area (Å²) < 4.78 is 1.97. The number of Topliss-reactive ketones (excluding diaryl/α,β-unsaturated/α-hetero) is 1. The van der Waals surface area contributed by atoms with Crippen LogP contribution in [0.3, 0.4) is 0 Å². The minimum atomic E-state index is -0.316. The first-order chi connectivity index (χ1) is 6.62. The summed E-state index contributed by atoms with van der Waals surface area (Å²) >= 11 is 6.01. The van der Waals surface area contributed by atoms with Gasteiger partial charge in [-0.15, -0.1) is 0 Å². The number of aromatic nitrogens is 2. The van der Waals surface area contributed by atoms with E-state index in [0.29, 0.717) is 5.15 Å². The van der Waals surface area contributed by atoms with Gasteiger partial charge in [-0.1, -0.05) is 11.6 Å². The van der Waals surface area contributed by atoms with Gasteiger partial charge in [0.2, 0.25) is 0 Å². The Morgan fingerprint density at radius 1 is 1.71 bits per heavy atom. The maximum absolute atomic E-state index is 11.5. The first-order valence-electron chi connectivity index (χ1n) is 4.84. The maximum atomic E-state index is 11.5. The highest BCUT2D eigenvalue weighted by Crippen LogP contribution is 2.50. The molecule has 0 bridgehead atoms. The van der Waals surface area contributed by atoms with Crippen LogP contribution in [0.25, 0.3) is 0 Å². The molecule has 0 aromatic carbocycles. The number of hydrogen-bond acceptors (Lipinski definition) is 2.